The Kier molecular flexibility index (Phi) is 4.72. The Morgan fingerprint density at radius 1 is 0.750 bits per heavy atom. The van der Waals surface area contributed by atoms with Crippen molar-refractivity contribution in [2.24, 2.45) is 0 Å². The van der Waals surface area contributed by atoms with E-state index >= 15 is 0 Å². The van der Waals surface area contributed by atoms with Gasteiger partial charge in [-0.1, -0.05) is 36.4 Å². The predicted molar refractivity (Wildman–Crippen MR) is 105 cm³/mol. The van der Waals surface area contributed by atoms with Crippen LogP contribution in [0.5, 0.6) is 0 Å². The molecule has 3 aromatic carbocycles. The molecule has 136 valence electrons. The number of rotatable bonds is 4. The molecule has 0 atom stereocenters. The van der Waals surface area contributed by atoms with Gasteiger partial charge in [0, 0.05) is 24.0 Å². The first-order chi connectivity index (χ1) is 13.6. The van der Waals surface area contributed by atoms with Crippen LogP contribution in [0.15, 0.2) is 79.1 Å². The molecule has 0 bridgehead atoms. The van der Waals surface area contributed by atoms with E-state index in [0.29, 0.717) is 16.7 Å². The summed E-state index contributed by atoms with van der Waals surface area (Å²) >= 11 is 0. The summed E-state index contributed by atoms with van der Waals surface area (Å²) in [5, 5.41) is 0. The minimum Gasteiger partial charge on any atom is -0.289 e. The molecule has 5 heteroatoms. The highest BCUT2D eigenvalue weighted by Gasteiger charge is 2.06. The molecule has 0 saturated heterocycles. The molecular formula is C23H14F2N2O. The zero-order valence-corrected chi connectivity index (χ0v) is 14.6. The van der Waals surface area contributed by atoms with Crippen LogP contribution in [0.4, 0.5) is 8.78 Å². The van der Waals surface area contributed by atoms with Crippen LogP contribution >= 0.6 is 0 Å². The third-order valence-corrected chi connectivity index (χ3v) is 4.29. The standard InChI is InChI=1S/C23H14F2N2O/c24-19-12-18(13-20(25)14-19)16-3-5-17(6-4-16)23(28)8-2-15-1-7-21-22(11-15)27-10-9-26-21/h1-14H/b8-2+. The maximum atomic E-state index is 13.4. The summed E-state index contributed by atoms with van der Waals surface area (Å²) in [5.74, 6) is -1.45. The van der Waals surface area contributed by atoms with E-state index in [0.717, 1.165) is 22.7 Å². The van der Waals surface area contributed by atoms with Gasteiger partial charge in [0.05, 0.1) is 11.0 Å². The van der Waals surface area contributed by atoms with Crippen molar-refractivity contribution in [2.45, 2.75) is 0 Å². The van der Waals surface area contributed by atoms with Crippen molar-refractivity contribution in [1.29, 1.82) is 0 Å². The van der Waals surface area contributed by atoms with E-state index in [1.165, 1.54) is 18.2 Å². The van der Waals surface area contributed by atoms with E-state index in [4.69, 9.17) is 0 Å². The molecule has 1 aromatic heterocycles. The summed E-state index contributed by atoms with van der Waals surface area (Å²) < 4.78 is 26.7. The van der Waals surface area contributed by atoms with Gasteiger partial charge < -0.3 is 0 Å². The monoisotopic (exact) mass is 372 g/mol. The van der Waals surface area contributed by atoms with Crippen molar-refractivity contribution in [2.75, 3.05) is 0 Å². The van der Waals surface area contributed by atoms with Crippen molar-refractivity contribution >= 4 is 22.9 Å². The largest absolute Gasteiger partial charge is 0.289 e. The summed E-state index contributed by atoms with van der Waals surface area (Å²) in [6.45, 7) is 0. The molecular weight excluding hydrogens is 358 g/mol. The number of hydrogen-bond donors (Lipinski definition) is 0. The van der Waals surface area contributed by atoms with Gasteiger partial charge in [0.2, 0.25) is 0 Å². The molecule has 4 aromatic rings. The van der Waals surface area contributed by atoms with Crippen LogP contribution in [0.3, 0.4) is 0 Å². The summed E-state index contributed by atoms with van der Waals surface area (Å²) in [4.78, 5) is 20.9. The van der Waals surface area contributed by atoms with E-state index < -0.39 is 11.6 Å². The SMILES string of the molecule is O=C(/C=C/c1ccc2nccnc2c1)c1ccc(-c2cc(F)cc(F)c2)cc1. The number of carbonyl (C=O) groups excluding carboxylic acids is 1. The number of ketones is 1. The lowest BCUT2D eigenvalue weighted by Crippen LogP contribution is -1.94. The average Bonchev–Trinajstić information content (AvgIpc) is 2.71. The fourth-order valence-corrected chi connectivity index (χ4v) is 2.90. The van der Waals surface area contributed by atoms with Crippen LogP contribution in [0, 0.1) is 11.6 Å². The smallest absolute Gasteiger partial charge is 0.185 e. The number of aromatic nitrogens is 2. The first-order valence-electron chi connectivity index (χ1n) is 8.58. The van der Waals surface area contributed by atoms with Crippen LogP contribution < -0.4 is 0 Å². The number of allylic oxidation sites excluding steroid dienone is 1. The average molecular weight is 372 g/mol. The zero-order valence-electron chi connectivity index (χ0n) is 14.6. The Morgan fingerprint density at radius 3 is 2.14 bits per heavy atom. The highest BCUT2D eigenvalue weighted by atomic mass is 19.1. The molecule has 0 N–H and O–H groups in total. The summed E-state index contributed by atoms with van der Waals surface area (Å²) in [6.07, 6.45) is 6.44. The van der Waals surface area contributed by atoms with Crippen LogP contribution in [-0.2, 0) is 0 Å². The molecule has 0 aliphatic rings. The van der Waals surface area contributed by atoms with E-state index in [2.05, 4.69) is 9.97 Å². The fraction of sp³-hybridized carbons (Fsp3) is 0. The maximum Gasteiger partial charge on any atom is 0.185 e. The quantitative estimate of drug-likeness (QED) is 0.352. The topological polar surface area (TPSA) is 42.9 Å². The summed E-state index contributed by atoms with van der Waals surface area (Å²) in [6, 6.07) is 15.5. The van der Waals surface area contributed by atoms with E-state index in [9.17, 15) is 13.6 Å². The maximum absolute atomic E-state index is 13.4. The van der Waals surface area contributed by atoms with Gasteiger partial charge in [0.1, 0.15) is 11.6 Å². The van der Waals surface area contributed by atoms with Gasteiger partial charge in [0.25, 0.3) is 0 Å². The van der Waals surface area contributed by atoms with Gasteiger partial charge >= 0.3 is 0 Å². The highest BCUT2D eigenvalue weighted by molar-refractivity contribution is 6.07. The van der Waals surface area contributed by atoms with Gasteiger partial charge in [-0.05, 0) is 47.0 Å². The van der Waals surface area contributed by atoms with Gasteiger partial charge in [-0.15, -0.1) is 0 Å². The Morgan fingerprint density at radius 2 is 1.43 bits per heavy atom. The Balaban J connectivity index is 1.53. The Bertz CT molecular complexity index is 1180. The molecule has 0 aliphatic heterocycles. The van der Waals surface area contributed by atoms with Crippen LogP contribution in [-0.4, -0.2) is 15.8 Å². The Labute approximate surface area is 160 Å². The molecule has 0 fully saturated rings. The molecule has 0 aliphatic carbocycles. The van der Waals surface area contributed by atoms with Crippen molar-refractivity contribution in [3.63, 3.8) is 0 Å². The third-order valence-electron chi connectivity index (χ3n) is 4.29. The normalized spacial score (nSPS) is 11.2. The molecule has 0 saturated carbocycles. The molecule has 0 unspecified atom stereocenters. The molecule has 0 spiro atoms. The van der Waals surface area contributed by atoms with E-state index in [1.54, 1.807) is 42.7 Å². The van der Waals surface area contributed by atoms with Crippen molar-refractivity contribution in [1.82, 2.24) is 9.97 Å². The van der Waals surface area contributed by atoms with Gasteiger partial charge in [-0.25, -0.2) is 8.78 Å². The van der Waals surface area contributed by atoms with Crippen molar-refractivity contribution < 1.29 is 13.6 Å². The molecule has 1 heterocycles. The minimum atomic E-state index is -0.641. The van der Waals surface area contributed by atoms with Crippen molar-refractivity contribution in [3.05, 3.63) is 102 Å². The summed E-state index contributed by atoms with van der Waals surface area (Å²) in [5.41, 5.74) is 3.92. The second kappa shape index (κ2) is 7.48. The Hall–Kier alpha value is -3.73. The molecule has 4 rings (SSSR count). The van der Waals surface area contributed by atoms with Crippen LogP contribution in [0.1, 0.15) is 15.9 Å². The first kappa shape index (κ1) is 17.7. The molecule has 0 amide bonds. The number of nitrogens with zero attached hydrogens (tertiary/aromatic N) is 2. The number of halogens is 2. The lowest BCUT2D eigenvalue weighted by Gasteiger charge is -2.04. The number of hydrogen-bond acceptors (Lipinski definition) is 3. The molecule has 3 nitrogen and oxygen atoms in total. The number of benzene rings is 3. The summed E-state index contributed by atoms with van der Waals surface area (Å²) in [7, 11) is 0. The molecule has 0 radical (unpaired) electrons. The number of carbonyl (C=O) groups is 1. The third kappa shape index (κ3) is 3.83. The highest BCUT2D eigenvalue weighted by Crippen LogP contribution is 2.22. The lowest BCUT2D eigenvalue weighted by atomic mass is 10.0. The fourth-order valence-electron chi connectivity index (χ4n) is 2.90. The minimum absolute atomic E-state index is 0.170. The second-order valence-corrected chi connectivity index (χ2v) is 6.24. The first-order valence-corrected chi connectivity index (χ1v) is 8.58. The zero-order chi connectivity index (χ0) is 19.5. The van der Waals surface area contributed by atoms with Gasteiger partial charge in [0.15, 0.2) is 5.78 Å². The molecule has 28 heavy (non-hydrogen) atoms. The van der Waals surface area contributed by atoms with Crippen LogP contribution in [0.2, 0.25) is 0 Å². The van der Waals surface area contributed by atoms with Gasteiger partial charge in [-0.3, -0.25) is 14.8 Å². The van der Waals surface area contributed by atoms with E-state index in [-0.39, 0.29) is 5.78 Å². The van der Waals surface area contributed by atoms with Gasteiger partial charge in [-0.2, -0.15) is 0 Å². The lowest BCUT2D eigenvalue weighted by molar-refractivity contribution is 0.104. The van der Waals surface area contributed by atoms with Crippen molar-refractivity contribution in [3.8, 4) is 11.1 Å². The van der Waals surface area contributed by atoms with E-state index in [1.807, 2.05) is 18.2 Å². The van der Waals surface area contributed by atoms with Crippen LogP contribution in [0.25, 0.3) is 28.2 Å². The second-order valence-electron chi connectivity index (χ2n) is 6.24. The number of fused-ring (bicyclic) bond motifs is 1. The predicted octanol–water partition coefficient (Wildman–Crippen LogP) is 5.47.